The van der Waals surface area contributed by atoms with Gasteiger partial charge in [-0.25, -0.2) is 9.18 Å². The largest absolute Gasteiger partial charge is 0.452 e. The number of rotatable bonds is 5. The van der Waals surface area contributed by atoms with E-state index in [1.165, 1.54) is 11.0 Å². The minimum atomic E-state index is -0.514. The second-order valence-electron chi connectivity index (χ2n) is 7.55. The number of likely N-dealkylation sites (N-methyl/N-ethyl adjacent to an activating group) is 1. The molecule has 0 saturated heterocycles. The molecule has 30 heavy (non-hydrogen) atoms. The molecule has 1 aliphatic carbocycles. The number of aromatic nitrogens is 1. The van der Waals surface area contributed by atoms with Gasteiger partial charge >= 0.3 is 5.97 Å². The highest BCUT2D eigenvalue weighted by atomic mass is 19.1. The molecule has 0 saturated carbocycles. The van der Waals surface area contributed by atoms with Crippen LogP contribution in [0.2, 0.25) is 0 Å². The van der Waals surface area contributed by atoms with Gasteiger partial charge in [-0.1, -0.05) is 36.4 Å². The Balaban J connectivity index is 1.51. The Morgan fingerprint density at radius 3 is 2.63 bits per heavy atom. The van der Waals surface area contributed by atoms with Gasteiger partial charge in [0.2, 0.25) is 0 Å². The predicted octanol–water partition coefficient (Wildman–Crippen LogP) is 4.07. The van der Waals surface area contributed by atoms with Crippen LogP contribution in [0, 0.1) is 5.82 Å². The van der Waals surface area contributed by atoms with Gasteiger partial charge in [-0.2, -0.15) is 0 Å². The molecule has 5 nitrogen and oxygen atoms in total. The molecule has 0 bridgehead atoms. The zero-order valence-electron chi connectivity index (χ0n) is 16.9. The van der Waals surface area contributed by atoms with Crippen molar-refractivity contribution in [1.82, 2.24) is 9.88 Å². The van der Waals surface area contributed by atoms with E-state index in [2.05, 4.69) is 0 Å². The Kier molecular flexibility index (Phi) is 5.74. The molecule has 0 fully saturated rings. The number of aryl methyl sites for hydroxylation is 1. The SMILES string of the molecule is CN(Cc1ccccc1F)C(=O)COC(=O)c1c2c(nc3ccccc13)CCCC2. The zero-order chi connectivity index (χ0) is 21.1. The van der Waals surface area contributed by atoms with Gasteiger partial charge in [0.05, 0.1) is 11.1 Å². The first kappa shape index (κ1) is 20.0. The Morgan fingerprint density at radius 1 is 1.07 bits per heavy atom. The van der Waals surface area contributed by atoms with Crippen molar-refractivity contribution in [3.05, 3.63) is 76.7 Å². The number of pyridine rings is 1. The van der Waals surface area contributed by atoms with Crippen molar-refractivity contribution in [2.75, 3.05) is 13.7 Å². The number of para-hydroxylation sites is 1. The van der Waals surface area contributed by atoms with E-state index in [9.17, 15) is 14.0 Å². The third kappa shape index (κ3) is 4.03. The summed E-state index contributed by atoms with van der Waals surface area (Å²) in [5.74, 6) is -1.28. The summed E-state index contributed by atoms with van der Waals surface area (Å²) >= 11 is 0. The molecule has 4 rings (SSSR count). The van der Waals surface area contributed by atoms with E-state index in [1.54, 1.807) is 25.2 Å². The molecule has 6 heteroatoms. The zero-order valence-corrected chi connectivity index (χ0v) is 16.9. The Bertz CT molecular complexity index is 1110. The Hall–Kier alpha value is -3.28. The molecule has 0 spiro atoms. The number of halogens is 1. The first-order valence-corrected chi connectivity index (χ1v) is 10.1. The molecule has 1 amide bonds. The number of carbonyl (C=O) groups is 2. The van der Waals surface area contributed by atoms with Crippen LogP contribution < -0.4 is 0 Å². The monoisotopic (exact) mass is 406 g/mol. The number of fused-ring (bicyclic) bond motifs is 2. The quantitative estimate of drug-likeness (QED) is 0.600. The van der Waals surface area contributed by atoms with Crippen molar-refractivity contribution < 1.29 is 18.7 Å². The first-order valence-electron chi connectivity index (χ1n) is 10.1. The molecular formula is C24H23FN2O3. The third-order valence-electron chi connectivity index (χ3n) is 5.49. The standard InChI is InChI=1S/C24H23FN2O3/c1-27(14-16-8-2-5-11-19(16)25)22(28)15-30-24(29)23-17-9-3-6-12-20(17)26-21-13-7-4-10-18(21)23/h2-3,5-6,8-9,11-12H,4,7,10,13-15H2,1H3. The van der Waals surface area contributed by atoms with Crippen molar-refractivity contribution in [3.63, 3.8) is 0 Å². The highest BCUT2D eigenvalue weighted by Crippen LogP contribution is 2.29. The van der Waals surface area contributed by atoms with Gasteiger partial charge < -0.3 is 9.64 Å². The van der Waals surface area contributed by atoms with Crippen molar-refractivity contribution in [2.24, 2.45) is 0 Å². The van der Waals surface area contributed by atoms with E-state index in [0.29, 0.717) is 11.1 Å². The van der Waals surface area contributed by atoms with Crippen LogP contribution in [0.25, 0.3) is 10.9 Å². The number of ether oxygens (including phenoxy) is 1. The summed E-state index contributed by atoms with van der Waals surface area (Å²) in [5.41, 5.74) is 3.55. The van der Waals surface area contributed by atoms with Crippen LogP contribution in [0.3, 0.4) is 0 Å². The van der Waals surface area contributed by atoms with Crippen LogP contribution >= 0.6 is 0 Å². The van der Waals surface area contributed by atoms with Gasteiger partial charge in [0, 0.05) is 30.2 Å². The number of carbonyl (C=O) groups excluding carboxylic acids is 2. The number of nitrogens with zero attached hydrogens (tertiary/aromatic N) is 2. The molecular weight excluding hydrogens is 383 g/mol. The van der Waals surface area contributed by atoms with E-state index < -0.39 is 12.6 Å². The second-order valence-corrected chi connectivity index (χ2v) is 7.55. The maximum absolute atomic E-state index is 13.8. The lowest BCUT2D eigenvalue weighted by atomic mass is 9.90. The van der Waals surface area contributed by atoms with Gasteiger partial charge in [0.1, 0.15) is 5.82 Å². The highest BCUT2D eigenvalue weighted by Gasteiger charge is 2.24. The number of benzene rings is 2. The molecule has 0 aliphatic heterocycles. The summed E-state index contributed by atoms with van der Waals surface area (Å²) in [6.45, 7) is -0.286. The summed E-state index contributed by atoms with van der Waals surface area (Å²) < 4.78 is 19.2. The molecule has 1 heterocycles. The summed E-state index contributed by atoms with van der Waals surface area (Å²) in [6, 6.07) is 13.8. The number of amides is 1. The van der Waals surface area contributed by atoms with Crippen molar-refractivity contribution in [3.8, 4) is 0 Å². The minimum Gasteiger partial charge on any atom is -0.452 e. The van der Waals surface area contributed by atoms with Crippen LogP contribution in [0.4, 0.5) is 4.39 Å². The molecule has 154 valence electrons. The predicted molar refractivity (Wildman–Crippen MR) is 112 cm³/mol. The van der Waals surface area contributed by atoms with Crippen LogP contribution in [0.5, 0.6) is 0 Å². The Labute approximate surface area is 174 Å². The van der Waals surface area contributed by atoms with Crippen LogP contribution in [0.15, 0.2) is 48.5 Å². The molecule has 3 aromatic rings. The molecule has 0 unspecified atom stereocenters. The molecule has 0 N–H and O–H groups in total. The average Bonchev–Trinajstić information content (AvgIpc) is 2.77. The lowest BCUT2D eigenvalue weighted by Crippen LogP contribution is -2.31. The van der Waals surface area contributed by atoms with Crippen LogP contribution in [0.1, 0.15) is 40.0 Å². The number of esters is 1. The summed E-state index contributed by atoms with van der Waals surface area (Å²) in [6.07, 6.45) is 3.66. The summed E-state index contributed by atoms with van der Waals surface area (Å²) in [7, 11) is 1.56. The van der Waals surface area contributed by atoms with Crippen molar-refractivity contribution >= 4 is 22.8 Å². The van der Waals surface area contributed by atoms with Crippen LogP contribution in [-0.4, -0.2) is 35.4 Å². The molecule has 1 aromatic heterocycles. The van der Waals surface area contributed by atoms with Gasteiger partial charge in [0.25, 0.3) is 5.91 Å². The van der Waals surface area contributed by atoms with Crippen molar-refractivity contribution in [1.29, 1.82) is 0 Å². The third-order valence-corrected chi connectivity index (χ3v) is 5.49. The number of hydrogen-bond acceptors (Lipinski definition) is 4. The molecule has 2 aromatic carbocycles. The maximum Gasteiger partial charge on any atom is 0.339 e. The fourth-order valence-electron chi connectivity index (χ4n) is 3.89. The maximum atomic E-state index is 13.8. The molecule has 1 aliphatic rings. The highest BCUT2D eigenvalue weighted by molar-refractivity contribution is 6.05. The van der Waals surface area contributed by atoms with Gasteiger partial charge in [-0.05, 0) is 43.4 Å². The second kappa shape index (κ2) is 8.61. The van der Waals surface area contributed by atoms with E-state index in [4.69, 9.17) is 9.72 Å². The van der Waals surface area contributed by atoms with E-state index >= 15 is 0 Å². The van der Waals surface area contributed by atoms with Crippen LogP contribution in [-0.2, 0) is 28.9 Å². The fourth-order valence-corrected chi connectivity index (χ4v) is 3.89. The van der Waals surface area contributed by atoms with Gasteiger partial charge in [-0.3, -0.25) is 9.78 Å². The lowest BCUT2D eigenvalue weighted by Gasteiger charge is -2.21. The summed E-state index contributed by atoms with van der Waals surface area (Å²) in [5, 5.41) is 0.746. The van der Waals surface area contributed by atoms with E-state index in [0.717, 1.165) is 47.8 Å². The molecule has 0 radical (unpaired) electrons. The van der Waals surface area contributed by atoms with Crippen molar-refractivity contribution in [2.45, 2.75) is 32.2 Å². The van der Waals surface area contributed by atoms with Gasteiger partial charge in [-0.15, -0.1) is 0 Å². The normalized spacial score (nSPS) is 13.0. The topological polar surface area (TPSA) is 59.5 Å². The fraction of sp³-hybridized carbons (Fsp3) is 0.292. The smallest absolute Gasteiger partial charge is 0.339 e. The first-order chi connectivity index (χ1) is 14.5. The lowest BCUT2D eigenvalue weighted by molar-refractivity contribution is -0.133. The van der Waals surface area contributed by atoms with E-state index in [1.807, 2.05) is 24.3 Å². The number of hydrogen-bond donors (Lipinski definition) is 0. The van der Waals surface area contributed by atoms with E-state index in [-0.39, 0.29) is 18.3 Å². The summed E-state index contributed by atoms with van der Waals surface area (Å²) in [4.78, 5) is 31.5. The molecule has 0 atom stereocenters. The minimum absolute atomic E-state index is 0.108. The Morgan fingerprint density at radius 2 is 1.80 bits per heavy atom. The van der Waals surface area contributed by atoms with Gasteiger partial charge in [0.15, 0.2) is 6.61 Å². The average molecular weight is 406 g/mol.